The molecular formula is C18H18ClFN2O4. The molecule has 1 atom stereocenters. The van der Waals surface area contributed by atoms with Gasteiger partial charge in [0, 0.05) is 5.56 Å². The molecule has 0 N–H and O–H groups in total. The van der Waals surface area contributed by atoms with Gasteiger partial charge in [0.05, 0.1) is 28.3 Å². The second-order valence-corrected chi connectivity index (χ2v) is 6.10. The van der Waals surface area contributed by atoms with Crippen LogP contribution < -0.4 is 0 Å². The average molecular weight is 381 g/mol. The van der Waals surface area contributed by atoms with Crippen LogP contribution in [0.4, 0.5) is 10.1 Å². The highest BCUT2D eigenvalue weighted by molar-refractivity contribution is 6.34. The Balaban J connectivity index is 2.89. The van der Waals surface area contributed by atoms with Crippen molar-refractivity contribution in [1.29, 1.82) is 0 Å². The minimum Gasteiger partial charge on any atom is -0.469 e. The van der Waals surface area contributed by atoms with Crippen LogP contribution in [-0.2, 0) is 9.53 Å². The molecule has 0 aliphatic heterocycles. The predicted molar refractivity (Wildman–Crippen MR) is 95.7 cm³/mol. The summed E-state index contributed by atoms with van der Waals surface area (Å²) in [6, 6.07) is 5.62. The summed E-state index contributed by atoms with van der Waals surface area (Å²) in [7, 11) is 1.21. The average Bonchev–Trinajstić information content (AvgIpc) is 2.61. The first kappa shape index (κ1) is 19.8. The number of halogens is 2. The molecule has 138 valence electrons. The van der Waals surface area contributed by atoms with Gasteiger partial charge in [-0.15, -0.1) is 0 Å². The van der Waals surface area contributed by atoms with Crippen LogP contribution in [0.3, 0.4) is 0 Å². The lowest BCUT2D eigenvalue weighted by atomic mass is 9.93. The number of ether oxygens (including phenoxy) is 1. The van der Waals surface area contributed by atoms with Crippen molar-refractivity contribution in [3.05, 3.63) is 56.6 Å². The highest BCUT2D eigenvalue weighted by Crippen LogP contribution is 2.43. The largest absolute Gasteiger partial charge is 0.469 e. The number of pyridine rings is 1. The van der Waals surface area contributed by atoms with E-state index in [4.69, 9.17) is 16.3 Å². The van der Waals surface area contributed by atoms with E-state index in [2.05, 4.69) is 4.98 Å². The maximum Gasteiger partial charge on any atom is 0.315 e. The lowest BCUT2D eigenvalue weighted by Crippen LogP contribution is -2.18. The second kappa shape index (κ2) is 8.23. The van der Waals surface area contributed by atoms with Gasteiger partial charge in [-0.05, 0) is 19.4 Å². The second-order valence-electron chi connectivity index (χ2n) is 5.72. The van der Waals surface area contributed by atoms with E-state index in [9.17, 15) is 19.3 Å². The van der Waals surface area contributed by atoms with Crippen LogP contribution in [-0.4, -0.2) is 23.0 Å². The summed E-state index contributed by atoms with van der Waals surface area (Å²) in [6.07, 6.45) is 0.883. The van der Waals surface area contributed by atoms with Gasteiger partial charge in [0.2, 0.25) is 0 Å². The number of methoxy groups -OCH3 is 1. The number of carbonyl (C=O) groups excluding carboxylic acids is 1. The molecule has 6 nitrogen and oxygen atoms in total. The molecule has 26 heavy (non-hydrogen) atoms. The van der Waals surface area contributed by atoms with Crippen molar-refractivity contribution in [2.45, 2.75) is 32.6 Å². The van der Waals surface area contributed by atoms with Crippen LogP contribution in [0.1, 0.15) is 37.1 Å². The number of nitrogens with zero attached hydrogens (tertiary/aromatic N) is 2. The standard InChI is InChI=1S/C18H18ClFN2O4/c1-4-7-12(18(23)26-3)16-17(22(24)25)14(15(19)10(2)21-16)11-8-5-6-9-13(11)20/h5-6,8-9,12H,4,7H2,1-3H3. The molecule has 2 aromatic rings. The maximum atomic E-state index is 14.3. The van der Waals surface area contributed by atoms with Crippen LogP contribution in [0.15, 0.2) is 24.3 Å². The lowest BCUT2D eigenvalue weighted by Gasteiger charge is -2.17. The number of aromatic nitrogens is 1. The fourth-order valence-corrected chi connectivity index (χ4v) is 3.06. The number of hydrogen-bond donors (Lipinski definition) is 0. The molecule has 1 aromatic carbocycles. The zero-order valence-electron chi connectivity index (χ0n) is 14.6. The Hall–Kier alpha value is -2.54. The number of benzene rings is 1. The van der Waals surface area contributed by atoms with E-state index in [1.54, 1.807) is 13.0 Å². The molecule has 0 saturated heterocycles. The van der Waals surface area contributed by atoms with E-state index in [1.807, 2.05) is 6.92 Å². The van der Waals surface area contributed by atoms with Crippen molar-refractivity contribution in [2.24, 2.45) is 0 Å². The highest BCUT2D eigenvalue weighted by Gasteiger charge is 2.35. The summed E-state index contributed by atoms with van der Waals surface area (Å²) < 4.78 is 19.1. The maximum absolute atomic E-state index is 14.3. The molecule has 0 fully saturated rings. The van der Waals surface area contributed by atoms with Gasteiger partial charge >= 0.3 is 11.7 Å². The van der Waals surface area contributed by atoms with E-state index in [-0.39, 0.29) is 27.5 Å². The van der Waals surface area contributed by atoms with Gasteiger partial charge in [-0.3, -0.25) is 14.9 Å². The number of rotatable bonds is 6. The first-order valence-electron chi connectivity index (χ1n) is 8.00. The number of carbonyl (C=O) groups is 1. The van der Waals surface area contributed by atoms with Crippen molar-refractivity contribution >= 4 is 23.3 Å². The SMILES string of the molecule is CCCC(C(=O)OC)c1nc(C)c(Cl)c(-c2ccccc2F)c1[N+](=O)[O-]. The van der Waals surface area contributed by atoms with Crippen molar-refractivity contribution in [3.63, 3.8) is 0 Å². The molecule has 1 aromatic heterocycles. The van der Waals surface area contributed by atoms with Crippen LogP contribution in [0.2, 0.25) is 5.02 Å². The van der Waals surface area contributed by atoms with E-state index in [0.29, 0.717) is 12.8 Å². The number of nitro groups is 1. The smallest absolute Gasteiger partial charge is 0.315 e. The topological polar surface area (TPSA) is 82.3 Å². The quantitative estimate of drug-likeness (QED) is 0.408. The minimum atomic E-state index is -0.938. The van der Waals surface area contributed by atoms with Crippen LogP contribution in [0.25, 0.3) is 11.1 Å². The van der Waals surface area contributed by atoms with Crippen LogP contribution >= 0.6 is 11.6 Å². The summed E-state index contributed by atoms with van der Waals surface area (Å²) in [5.41, 5.74) is -0.368. The van der Waals surface area contributed by atoms with Gasteiger partial charge in [-0.2, -0.15) is 0 Å². The molecule has 1 heterocycles. The fraction of sp³-hybridized carbons (Fsp3) is 0.333. The third kappa shape index (κ3) is 3.67. The van der Waals surface area contributed by atoms with E-state index < -0.39 is 28.3 Å². The normalized spacial score (nSPS) is 11.9. The third-order valence-corrected chi connectivity index (χ3v) is 4.49. The van der Waals surface area contributed by atoms with Gasteiger partial charge in [0.1, 0.15) is 17.4 Å². The molecule has 1 unspecified atom stereocenters. The Bertz CT molecular complexity index is 857. The van der Waals surface area contributed by atoms with Gasteiger partial charge in [0.15, 0.2) is 0 Å². The lowest BCUT2D eigenvalue weighted by molar-refractivity contribution is -0.385. The van der Waals surface area contributed by atoms with Crippen molar-refractivity contribution in [3.8, 4) is 11.1 Å². The van der Waals surface area contributed by atoms with Gasteiger partial charge in [0.25, 0.3) is 0 Å². The Morgan fingerprint density at radius 2 is 2.08 bits per heavy atom. The van der Waals surface area contributed by atoms with Crippen molar-refractivity contribution in [1.82, 2.24) is 4.98 Å². The minimum absolute atomic E-state index is 0.0175. The highest BCUT2D eigenvalue weighted by atomic mass is 35.5. The summed E-state index contributed by atoms with van der Waals surface area (Å²) in [5.74, 6) is -2.23. The van der Waals surface area contributed by atoms with Crippen LogP contribution in [0.5, 0.6) is 0 Å². The van der Waals surface area contributed by atoms with Gasteiger partial charge in [-0.25, -0.2) is 9.37 Å². The molecule has 8 heteroatoms. The Morgan fingerprint density at radius 1 is 1.42 bits per heavy atom. The third-order valence-electron chi connectivity index (χ3n) is 4.02. The predicted octanol–water partition coefficient (Wildman–Crippen LogP) is 4.81. The summed E-state index contributed by atoms with van der Waals surface area (Å²) in [5, 5.41) is 11.8. The summed E-state index contributed by atoms with van der Waals surface area (Å²) >= 11 is 6.27. The van der Waals surface area contributed by atoms with Crippen LogP contribution in [0, 0.1) is 22.9 Å². The van der Waals surface area contributed by atoms with Crippen molar-refractivity contribution in [2.75, 3.05) is 7.11 Å². The molecule has 2 rings (SSSR count). The first-order valence-corrected chi connectivity index (χ1v) is 8.38. The summed E-state index contributed by atoms with van der Waals surface area (Å²) in [4.78, 5) is 27.6. The molecule has 0 radical (unpaired) electrons. The molecule has 0 saturated carbocycles. The Labute approximate surface area is 155 Å². The van der Waals surface area contributed by atoms with Crippen molar-refractivity contribution < 1.29 is 18.8 Å². The Kier molecular flexibility index (Phi) is 6.26. The Morgan fingerprint density at radius 3 is 2.62 bits per heavy atom. The first-order chi connectivity index (χ1) is 12.3. The van der Waals surface area contributed by atoms with E-state index >= 15 is 0 Å². The molecular weight excluding hydrogens is 363 g/mol. The van der Waals surface area contributed by atoms with E-state index in [0.717, 1.165) is 0 Å². The number of aryl methyl sites for hydroxylation is 1. The summed E-state index contributed by atoms with van der Waals surface area (Å²) in [6.45, 7) is 3.39. The molecule has 0 aliphatic rings. The number of hydrogen-bond acceptors (Lipinski definition) is 5. The zero-order valence-corrected chi connectivity index (χ0v) is 15.3. The fourth-order valence-electron chi connectivity index (χ4n) is 2.83. The molecule has 0 aliphatic carbocycles. The molecule has 0 spiro atoms. The monoisotopic (exact) mass is 380 g/mol. The van der Waals surface area contributed by atoms with E-state index in [1.165, 1.54) is 25.3 Å². The number of esters is 1. The van der Waals surface area contributed by atoms with Gasteiger partial charge in [-0.1, -0.05) is 43.1 Å². The zero-order chi connectivity index (χ0) is 19.4. The van der Waals surface area contributed by atoms with Gasteiger partial charge < -0.3 is 4.74 Å². The molecule has 0 bridgehead atoms. The molecule has 0 amide bonds.